The van der Waals surface area contributed by atoms with Crippen molar-refractivity contribution in [1.82, 2.24) is 0 Å². The van der Waals surface area contributed by atoms with Crippen LogP contribution in [0.25, 0.3) is 28.3 Å². The van der Waals surface area contributed by atoms with Gasteiger partial charge in [-0.1, -0.05) is 145 Å². The Morgan fingerprint density at radius 1 is 0.556 bits per heavy atom. The topological polar surface area (TPSA) is 24.7 Å². The van der Waals surface area contributed by atoms with E-state index in [1.54, 1.807) is 0 Å². The van der Waals surface area contributed by atoms with Crippen molar-refractivity contribution in [3.63, 3.8) is 0 Å². The predicted octanol–water partition coefficient (Wildman–Crippen LogP) is 13.8. The summed E-state index contributed by atoms with van der Waals surface area (Å²) in [6, 6.07) is 33.0. The summed E-state index contributed by atoms with van der Waals surface area (Å²) in [7, 11) is 0. The molecule has 0 N–H and O–H groups in total. The number of rotatable bonds is 18. The van der Waals surface area contributed by atoms with Crippen LogP contribution in [0.5, 0.6) is 0 Å². The molecule has 0 aliphatic heterocycles. The second-order valence-corrected chi connectivity index (χ2v) is 12.5. The number of allylic oxidation sites excluding steroid dienone is 1. The number of azo groups is 1. The molecule has 0 aromatic heterocycles. The SMILES string of the molecule is CCCCCCCCc1cc(N=NC(C)=Cc2ccc(-c3ccccc3)c(CCCC)c2)cc(-c2ccccc2)c1CCCC. The smallest absolute Gasteiger partial charge is 0.0866 e. The lowest BCUT2D eigenvalue weighted by molar-refractivity contribution is 0.606. The third-order valence-corrected chi connectivity index (χ3v) is 8.70. The Kier molecular flexibility index (Phi) is 14.3. The Hall–Kier alpha value is -3.78. The molecule has 0 unspecified atom stereocenters. The molecule has 0 saturated carbocycles. The molecule has 0 atom stereocenters. The van der Waals surface area contributed by atoms with Crippen LogP contribution in [0.4, 0.5) is 5.69 Å². The summed E-state index contributed by atoms with van der Waals surface area (Å²) in [5, 5.41) is 9.58. The number of aryl methyl sites for hydroxylation is 2. The molecular weight excluding hydrogens is 544 g/mol. The molecule has 236 valence electrons. The van der Waals surface area contributed by atoms with E-state index in [2.05, 4.69) is 125 Å². The summed E-state index contributed by atoms with van der Waals surface area (Å²) in [5.41, 5.74) is 12.6. The summed E-state index contributed by atoms with van der Waals surface area (Å²) in [6.45, 7) is 8.89. The first-order valence-electron chi connectivity index (χ1n) is 17.6. The van der Waals surface area contributed by atoms with Gasteiger partial charge in [0.1, 0.15) is 0 Å². The number of hydrogen-bond acceptors (Lipinski definition) is 2. The summed E-state index contributed by atoms with van der Waals surface area (Å²) < 4.78 is 0. The van der Waals surface area contributed by atoms with Gasteiger partial charge in [0.2, 0.25) is 0 Å². The maximum absolute atomic E-state index is 4.83. The van der Waals surface area contributed by atoms with E-state index in [0.717, 1.165) is 30.6 Å². The average molecular weight is 599 g/mol. The molecular formula is C43H54N2. The highest BCUT2D eigenvalue weighted by Crippen LogP contribution is 2.34. The average Bonchev–Trinajstić information content (AvgIpc) is 3.08. The fourth-order valence-electron chi connectivity index (χ4n) is 6.20. The van der Waals surface area contributed by atoms with Gasteiger partial charge in [-0.25, -0.2) is 0 Å². The fourth-order valence-corrected chi connectivity index (χ4v) is 6.20. The van der Waals surface area contributed by atoms with Crippen molar-refractivity contribution in [3.8, 4) is 22.3 Å². The van der Waals surface area contributed by atoms with Crippen LogP contribution in [0.2, 0.25) is 0 Å². The van der Waals surface area contributed by atoms with Gasteiger partial charge >= 0.3 is 0 Å². The highest BCUT2D eigenvalue weighted by atomic mass is 15.1. The zero-order valence-corrected chi connectivity index (χ0v) is 28.3. The van der Waals surface area contributed by atoms with Crippen molar-refractivity contribution < 1.29 is 0 Å². The third kappa shape index (κ3) is 10.7. The zero-order valence-electron chi connectivity index (χ0n) is 28.3. The molecule has 2 nitrogen and oxygen atoms in total. The van der Waals surface area contributed by atoms with Crippen molar-refractivity contribution in [1.29, 1.82) is 0 Å². The molecule has 2 heteroatoms. The normalized spacial score (nSPS) is 11.9. The van der Waals surface area contributed by atoms with E-state index in [4.69, 9.17) is 10.2 Å². The molecule has 0 amide bonds. The molecule has 0 heterocycles. The Labute approximate surface area is 273 Å². The first kappa shape index (κ1) is 34.1. The van der Waals surface area contributed by atoms with Gasteiger partial charge in [0.15, 0.2) is 0 Å². The molecule has 0 spiro atoms. The van der Waals surface area contributed by atoms with Crippen LogP contribution in [0.15, 0.2) is 107 Å². The van der Waals surface area contributed by atoms with Gasteiger partial charge in [-0.3, -0.25) is 0 Å². The van der Waals surface area contributed by atoms with E-state index < -0.39 is 0 Å². The second kappa shape index (κ2) is 18.9. The van der Waals surface area contributed by atoms with Crippen LogP contribution < -0.4 is 0 Å². The molecule has 4 aromatic rings. The predicted molar refractivity (Wildman–Crippen MR) is 196 cm³/mol. The molecule has 0 saturated heterocycles. The van der Waals surface area contributed by atoms with E-state index in [1.807, 2.05) is 0 Å². The highest BCUT2D eigenvalue weighted by molar-refractivity contribution is 5.73. The molecule has 0 radical (unpaired) electrons. The third-order valence-electron chi connectivity index (χ3n) is 8.70. The zero-order chi connectivity index (χ0) is 31.7. The van der Waals surface area contributed by atoms with E-state index in [1.165, 1.54) is 109 Å². The second-order valence-electron chi connectivity index (χ2n) is 12.5. The molecule has 0 bridgehead atoms. The van der Waals surface area contributed by atoms with Crippen molar-refractivity contribution in [3.05, 3.63) is 119 Å². The van der Waals surface area contributed by atoms with Crippen LogP contribution in [0.3, 0.4) is 0 Å². The van der Waals surface area contributed by atoms with Crippen molar-refractivity contribution in [2.45, 2.75) is 111 Å². The van der Waals surface area contributed by atoms with Crippen LogP contribution in [-0.2, 0) is 19.3 Å². The van der Waals surface area contributed by atoms with Crippen molar-refractivity contribution >= 4 is 11.8 Å². The van der Waals surface area contributed by atoms with Crippen LogP contribution >= 0.6 is 0 Å². The lowest BCUT2D eigenvalue weighted by Crippen LogP contribution is -1.99. The van der Waals surface area contributed by atoms with E-state index in [0.29, 0.717) is 0 Å². The quantitative estimate of drug-likeness (QED) is 0.0804. The van der Waals surface area contributed by atoms with Gasteiger partial charge in [0.05, 0.1) is 11.4 Å². The number of unbranched alkanes of at least 4 members (excludes halogenated alkanes) is 7. The maximum atomic E-state index is 4.83. The number of benzene rings is 4. The van der Waals surface area contributed by atoms with E-state index in [-0.39, 0.29) is 0 Å². The first-order chi connectivity index (χ1) is 22.1. The lowest BCUT2D eigenvalue weighted by atomic mass is 9.89. The minimum absolute atomic E-state index is 0.915. The number of hydrogen-bond donors (Lipinski definition) is 0. The Morgan fingerprint density at radius 3 is 1.84 bits per heavy atom. The lowest BCUT2D eigenvalue weighted by Gasteiger charge is -2.17. The Morgan fingerprint density at radius 2 is 1.16 bits per heavy atom. The van der Waals surface area contributed by atoms with Crippen molar-refractivity contribution in [2.75, 3.05) is 0 Å². The van der Waals surface area contributed by atoms with Gasteiger partial charge < -0.3 is 0 Å². The first-order valence-corrected chi connectivity index (χ1v) is 17.6. The van der Waals surface area contributed by atoms with Crippen molar-refractivity contribution in [2.24, 2.45) is 10.2 Å². The molecule has 0 fully saturated rings. The van der Waals surface area contributed by atoms with Gasteiger partial charge in [-0.2, -0.15) is 10.2 Å². The van der Waals surface area contributed by atoms with Crippen LogP contribution in [0, 0.1) is 0 Å². The standard InChI is InChI=1S/C43H54N2/c1-5-8-11-12-13-16-26-39-32-40(33-43(42(39)27-10-7-3)37-24-19-15-20-25-37)45-44-34(4)30-35-28-29-41(36-22-17-14-18-23-36)38(31-35)21-9-6-2/h14-15,17-20,22-25,28-33H,5-13,16,21,26-27H2,1-4H3. The van der Waals surface area contributed by atoms with E-state index >= 15 is 0 Å². The summed E-state index contributed by atoms with van der Waals surface area (Å²) in [5.74, 6) is 0. The van der Waals surface area contributed by atoms with Gasteiger partial charge in [0.25, 0.3) is 0 Å². The summed E-state index contributed by atoms with van der Waals surface area (Å²) in [4.78, 5) is 0. The Bertz CT molecular complexity index is 1500. The fraction of sp³-hybridized carbons (Fsp3) is 0.395. The van der Waals surface area contributed by atoms with E-state index in [9.17, 15) is 0 Å². The highest BCUT2D eigenvalue weighted by Gasteiger charge is 2.13. The van der Waals surface area contributed by atoms with Crippen LogP contribution in [-0.4, -0.2) is 0 Å². The molecule has 0 aliphatic rings. The maximum Gasteiger partial charge on any atom is 0.0866 e. The minimum Gasteiger partial charge on any atom is -0.155 e. The molecule has 0 aliphatic carbocycles. The van der Waals surface area contributed by atoms with Gasteiger partial charge in [-0.05, 0) is 108 Å². The monoisotopic (exact) mass is 598 g/mol. The summed E-state index contributed by atoms with van der Waals surface area (Å²) in [6.07, 6.45) is 18.1. The van der Waals surface area contributed by atoms with Crippen LogP contribution in [0.1, 0.15) is 114 Å². The minimum atomic E-state index is 0.915. The molecule has 45 heavy (non-hydrogen) atoms. The molecule has 4 aromatic carbocycles. The van der Waals surface area contributed by atoms with Gasteiger partial charge in [0, 0.05) is 0 Å². The number of nitrogens with zero attached hydrogens (tertiary/aromatic N) is 2. The summed E-state index contributed by atoms with van der Waals surface area (Å²) >= 11 is 0. The largest absolute Gasteiger partial charge is 0.155 e. The Balaban J connectivity index is 1.63. The van der Waals surface area contributed by atoms with Gasteiger partial charge in [-0.15, -0.1) is 0 Å². The molecule has 4 rings (SSSR count).